The van der Waals surface area contributed by atoms with Crippen molar-refractivity contribution in [1.82, 2.24) is 5.32 Å². The van der Waals surface area contributed by atoms with Gasteiger partial charge in [0.25, 0.3) is 0 Å². The minimum atomic E-state index is -0.670. The molecule has 2 rings (SSSR count). The van der Waals surface area contributed by atoms with E-state index in [0.717, 1.165) is 38.5 Å². The maximum atomic E-state index is 12.2. The van der Waals surface area contributed by atoms with Crippen LogP contribution in [0.25, 0.3) is 0 Å². The standard InChI is InChI=1S/C15H27NO3/c1-11-8-13(9-12(2)19-11)14(17)16-10-15(18)6-4-3-5-7-15/h11-13,18H,3-10H2,1-2H3,(H,16,17). The molecule has 0 spiro atoms. The molecule has 2 aliphatic rings. The average molecular weight is 269 g/mol. The molecule has 2 N–H and O–H groups in total. The van der Waals surface area contributed by atoms with Gasteiger partial charge in [0.1, 0.15) is 0 Å². The van der Waals surface area contributed by atoms with E-state index in [1.807, 2.05) is 13.8 Å². The molecule has 0 aromatic carbocycles. The van der Waals surface area contributed by atoms with E-state index in [0.29, 0.717) is 6.54 Å². The van der Waals surface area contributed by atoms with Gasteiger partial charge in [0, 0.05) is 12.5 Å². The maximum absolute atomic E-state index is 12.2. The Labute approximate surface area is 115 Å². The summed E-state index contributed by atoms with van der Waals surface area (Å²) in [5.74, 6) is 0.118. The molecule has 2 unspecified atom stereocenters. The second-order valence-electron chi connectivity index (χ2n) is 6.43. The maximum Gasteiger partial charge on any atom is 0.223 e. The molecule has 4 nitrogen and oxygen atoms in total. The third-order valence-electron chi connectivity index (χ3n) is 4.44. The molecule has 1 amide bonds. The second-order valence-corrected chi connectivity index (χ2v) is 6.43. The van der Waals surface area contributed by atoms with Crippen molar-refractivity contribution in [2.75, 3.05) is 6.54 Å². The first-order chi connectivity index (χ1) is 8.98. The number of amides is 1. The first-order valence-corrected chi connectivity index (χ1v) is 7.64. The number of ether oxygens (including phenoxy) is 1. The fraction of sp³-hybridized carbons (Fsp3) is 0.933. The minimum Gasteiger partial charge on any atom is -0.388 e. The van der Waals surface area contributed by atoms with E-state index >= 15 is 0 Å². The van der Waals surface area contributed by atoms with E-state index in [1.165, 1.54) is 6.42 Å². The molecule has 4 heteroatoms. The minimum absolute atomic E-state index is 0.0333. The van der Waals surface area contributed by atoms with Gasteiger partial charge in [-0.2, -0.15) is 0 Å². The van der Waals surface area contributed by atoms with Crippen LogP contribution in [0.4, 0.5) is 0 Å². The molecule has 1 saturated heterocycles. The Balaban J connectivity index is 1.80. The average Bonchev–Trinajstić information content (AvgIpc) is 2.36. The summed E-state index contributed by atoms with van der Waals surface area (Å²) in [5, 5.41) is 13.3. The van der Waals surface area contributed by atoms with E-state index < -0.39 is 5.60 Å². The van der Waals surface area contributed by atoms with Crippen molar-refractivity contribution >= 4 is 5.91 Å². The van der Waals surface area contributed by atoms with Gasteiger partial charge in [0.2, 0.25) is 5.91 Å². The van der Waals surface area contributed by atoms with E-state index in [2.05, 4.69) is 5.32 Å². The predicted molar refractivity (Wildman–Crippen MR) is 73.8 cm³/mol. The molecular weight excluding hydrogens is 242 g/mol. The normalized spacial score (nSPS) is 34.8. The lowest BCUT2D eigenvalue weighted by atomic mass is 9.84. The summed E-state index contributed by atoms with van der Waals surface area (Å²) < 4.78 is 5.65. The van der Waals surface area contributed by atoms with Crippen LogP contribution in [0.15, 0.2) is 0 Å². The molecule has 2 atom stereocenters. The van der Waals surface area contributed by atoms with Crippen LogP contribution in [-0.2, 0) is 9.53 Å². The van der Waals surface area contributed by atoms with Gasteiger partial charge in [0.15, 0.2) is 0 Å². The lowest BCUT2D eigenvalue weighted by molar-refractivity contribution is -0.134. The van der Waals surface area contributed by atoms with Gasteiger partial charge in [-0.05, 0) is 39.5 Å². The first-order valence-electron chi connectivity index (χ1n) is 7.64. The SMILES string of the molecule is CC1CC(C(=O)NCC2(O)CCCCC2)CC(C)O1. The van der Waals surface area contributed by atoms with Gasteiger partial charge in [-0.1, -0.05) is 19.3 Å². The molecule has 1 aliphatic heterocycles. The van der Waals surface area contributed by atoms with Crippen LogP contribution in [-0.4, -0.2) is 35.4 Å². The molecule has 0 bridgehead atoms. The third kappa shape index (κ3) is 4.18. The summed E-state index contributed by atoms with van der Waals surface area (Å²) in [7, 11) is 0. The largest absolute Gasteiger partial charge is 0.388 e. The number of hydrogen-bond acceptors (Lipinski definition) is 3. The Morgan fingerprint density at radius 1 is 1.21 bits per heavy atom. The van der Waals surface area contributed by atoms with Crippen molar-refractivity contribution in [3.8, 4) is 0 Å². The van der Waals surface area contributed by atoms with Gasteiger partial charge in [-0.15, -0.1) is 0 Å². The zero-order chi connectivity index (χ0) is 13.9. The van der Waals surface area contributed by atoms with Crippen molar-refractivity contribution in [3.63, 3.8) is 0 Å². The van der Waals surface area contributed by atoms with Crippen LogP contribution < -0.4 is 5.32 Å². The lowest BCUT2D eigenvalue weighted by Crippen LogP contribution is -2.47. The molecule has 2 fully saturated rings. The monoisotopic (exact) mass is 269 g/mol. The van der Waals surface area contributed by atoms with Crippen LogP contribution in [0, 0.1) is 5.92 Å². The van der Waals surface area contributed by atoms with Crippen molar-refractivity contribution in [2.24, 2.45) is 5.92 Å². The van der Waals surface area contributed by atoms with E-state index in [1.54, 1.807) is 0 Å². The number of nitrogens with one attached hydrogen (secondary N) is 1. The zero-order valence-electron chi connectivity index (χ0n) is 12.2. The molecule has 1 heterocycles. The van der Waals surface area contributed by atoms with Crippen LogP contribution in [0.1, 0.15) is 58.8 Å². The fourth-order valence-electron chi connectivity index (χ4n) is 3.40. The van der Waals surface area contributed by atoms with E-state index in [9.17, 15) is 9.90 Å². The number of carbonyl (C=O) groups is 1. The number of aliphatic hydroxyl groups is 1. The van der Waals surface area contributed by atoms with Crippen molar-refractivity contribution in [3.05, 3.63) is 0 Å². The third-order valence-corrected chi connectivity index (χ3v) is 4.44. The van der Waals surface area contributed by atoms with Gasteiger partial charge in [-0.25, -0.2) is 0 Å². The first kappa shape index (κ1) is 14.8. The van der Waals surface area contributed by atoms with Crippen LogP contribution in [0.2, 0.25) is 0 Å². The smallest absolute Gasteiger partial charge is 0.223 e. The van der Waals surface area contributed by atoms with Crippen molar-refractivity contribution in [1.29, 1.82) is 0 Å². The zero-order valence-corrected chi connectivity index (χ0v) is 12.2. The van der Waals surface area contributed by atoms with Gasteiger partial charge >= 0.3 is 0 Å². The quantitative estimate of drug-likeness (QED) is 0.824. The second kappa shape index (κ2) is 6.23. The van der Waals surface area contributed by atoms with Crippen LogP contribution in [0.3, 0.4) is 0 Å². The molecule has 19 heavy (non-hydrogen) atoms. The van der Waals surface area contributed by atoms with Crippen LogP contribution in [0.5, 0.6) is 0 Å². The highest BCUT2D eigenvalue weighted by atomic mass is 16.5. The number of rotatable bonds is 3. The lowest BCUT2D eigenvalue weighted by Gasteiger charge is -2.34. The molecule has 0 aromatic rings. The number of carbonyl (C=O) groups excluding carboxylic acids is 1. The number of hydrogen-bond donors (Lipinski definition) is 2. The topological polar surface area (TPSA) is 58.6 Å². The Morgan fingerprint density at radius 2 is 1.79 bits per heavy atom. The Kier molecular flexibility index (Phi) is 4.85. The summed E-state index contributed by atoms with van der Waals surface area (Å²) >= 11 is 0. The Hall–Kier alpha value is -0.610. The molecule has 1 saturated carbocycles. The molecular formula is C15H27NO3. The van der Waals surface area contributed by atoms with E-state index in [-0.39, 0.29) is 24.0 Å². The fourth-order valence-corrected chi connectivity index (χ4v) is 3.40. The van der Waals surface area contributed by atoms with Gasteiger partial charge in [-0.3, -0.25) is 4.79 Å². The highest BCUT2D eigenvalue weighted by molar-refractivity contribution is 5.78. The summed E-state index contributed by atoms with van der Waals surface area (Å²) in [6.07, 6.45) is 6.83. The highest BCUT2D eigenvalue weighted by Gasteiger charge is 2.33. The van der Waals surface area contributed by atoms with Gasteiger partial charge in [0.05, 0.1) is 17.8 Å². The molecule has 0 radical (unpaired) electrons. The summed E-state index contributed by atoms with van der Waals surface area (Å²) in [6.45, 7) is 4.45. The van der Waals surface area contributed by atoms with Gasteiger partial charge < -0.3 is 15.2 Å². The van der Waals surface area contributed by atoms with Crippen molar-refractivity contribution in [2.45, 2.75) is 76.6 Å². The van der Waals surface area contributed by atoms with Crippen molar-refractivity contribution < 1.29 is 14.6 Å². The molecule has 110 valence electrons. The Morgan fingerprint density at radius 3 is 2.37 bits per heavy atom. The predicted octanol–water partition coefficient (Wildman–Crippen LogP) is 2.00. The summed E-state index contributed by atoms with van der Waals surface area (Å²) in [5.41, 5.74) is -0.670. The van der Waals surface area contributed by atoms with E-state index in [4.69, 9.17) is 4.74 Å². The molecule has 1 aliphatic carbocycles. The summed E-state index contributed by atoms with van der Waals surface area (Å²) in [4.78, 5) is 12.2. The molecule has 0 aromatic heterocycles. The Bertz CT molecular complexity index is 303. The highest BCUT2D eigenvalue weighted by Crippen LogP contribution is 2.28. The summed E-state index contributed by atoms with van der Waals surface area (Å²) in [6, 6.07) is 0. The van der Waals surface area contributed by atoms with Crippen LogP contribution >= 0.6 is 0 Å².